The second-order valence-corrected chi connectivity index (χ2v) is 10.1. The van der Waals surface area contributed by atoms with Crippen molar-refractivity contribution in [3.63, 3.8) is 0 Å². The number of nitrogens with one attached hydrogen (secondary N) is 2. The summed E-state index contributed by atoms with van der Waals surface area (Å²) in [6, 6.07) is 1.94. The summed E-state index contributed by atoms with van der Waals surface area (Å²) in [7, 11) is -0.00449. The average molecular weight is 406 g/mol. The predicted molar refractivity (Wildman–Crippen MR) is 111 cm³/mol. The lowest BCUT2D eigenvalue weighted by Crippen LogP contribution is -2.42. The van der Waals surface area contributed by atoms with Gasteiger partial charge in [0.05, 0.1) is 23.3 Å². The molecule has 3 rings (SSSR count). The number of alkyl halides is 2. The SMILES string of the molecule is CC1CC(P(C)C)CN(c2cc(-c3cnc(/C=C\C(=N)C(F)F)[nH]3)ncn2)C1. The molecule has 2 N–H and O–H groups in total. The quantitative estimate of drug-likeness (QED) is 0.559. The van der Waals surface area contributed by atoms with Crippen molar-refractivity contribution < 1.29 is 8.78 Å². The maximum atomic E-state index is 12.4. The van der Waals surface area contributed by atoms with Crippen molar-refractivity contribution in [3.05, 3.63) is 30.5 Å². The van der Waals surface area contributed by atoms with E-state index < -0.39 is 12.1 Å². The van der Waals surface area contributed by atoms with Gasteiger partial charge in [0.25, 0.3) is 6.43 Å². The van der Waals surface area contributed by atoms with Gasteiger partial charge < -0.3 is 9.88 Å². The molecule has 0 aromatic carbocycles. The molecule has 1 fully saturated rings. The Morgan fingerprint density at radius 2 is 2.11 bits per heavy atom. The van der Waals surface area contributed by atoms with E-state index in [1.165, 1.54) is 12.5 Å². The summed E-state index contributed by atoms with van der Waals surface area (Å²) in [5, 5.41) is 7.16. The lowest BCUT2D eigenvalue weighted by molar-refractivity contribution is 0.226. The highest BCUT2D eigenvalue weighted by Crippen LogP contribution is 2.40. The van der Waals surface area contributed by atoms with Gasteiger partial charge >= 0.3 is 0 Å². The number of rotatable bonds is 6. The van der Waals surface area contributed by atoms with Gasteiger partial charge in [-0.1, -0.05) is 6.92 Å². The highest BCUT2D eigenvalue weighted by molar-refractivity contribution is 7.56. The Morgan fingerprint density at radius 1 is 1.32 bits per heavy atom. The Morgan fingerprint density at radius 3 is 2.82 bits per heavy atom. The van der Waals surface area contributed by atoms with Crippen LogP contribution in [0.1, 0.15) is 19.2 Å². The van der Waals surface area contributed by atoms with Crippen molar-refractivity contribution in [3.8, 4) is 11.4 Å². The van der Waals surface area contributed by atoms with Crippen molar-refractivity contribution in [2.45, 2.75) is 25.4 Å². The van der Waals surface area contributed by atoms with E-state index >= 15 is 0 Å². The van der Waals surface area contributed by atoms with Gasteiger partial charge in [-0.15, -0.1) is 7.92 Å². The fraction of sp³-hybridized carbons (Fsp3) is 0.474. The minimum atomic E-state index is -2.79. The fourth-order valence-corrected chi connectivity index (χ4v) is 4.65. The lowest BCUT2D eigenvalue weighted by atomic mass is 10.00. The van der Waals surface area contributed by atoms with Crippen molar-refractivity contribution in [1.82, 2.24) is 19.9 Å². The van der Waals surface area contributed by atoms with Crippen LogP contribution in [0.25, 0.3) is 17.5 Å². The summed E-state index contributed by atoms with van der Waals surface area (Å²) in [5.41, 5.74) is 1.34. The maximum absolute atomic E-state index is 12.4. The lowest BCUT2D eigenvalue weighted by Gasteiger charge is -2.39. The minimum absolute atomic E-state index is 0.00449. The van der Waals surface area contributed by atoms with Gasteiger partial charge in [0.1, 0.15) is 18.0 Å². The molecule has 0 radical (unpaired) electrons. The van der Waals surface area contributed by atoms with Gasteiger partial charge in [-0.25, -0.2) is 23.7 Å². The van der Waals surface area contributed by atoms with Crippen molar-refractivity contribution in [2.75, 3.05) is 31.3 Å². The van der Waals surface area contributed by atoms with E-state index in [0.717, 1.165) is 25.0 Å². The number of piperidine rings is 1. The summed E-state index contributed by atoms with van der Waals surface area (Å²) in [6.07, 6.45) is 4.03. The molecule has 0 amide bonds. The van der Waals surface area contributed by atoms with Crippen molar-refractivity contribution in [1.29, 1.82) is 5.41 Å². The van der Waals surface area contributed by atoms with Gasteiger partial charge in [0.15, 0.2) is 0 Å². The van der Waals surface area contributed by atoms with Crippen LogP contribution in [-0.4, -0.2) is 64.2 Å². The van der Waals surface area contributed by atoms with Gasteiger partial charge in [-0.05, 0) is 43.5 Å². The van der Waals surface area contributed by atoms with E-state index in [1.807, 2.05) is 6.07 Å². The van der Waals surface area contributed by atoms with Crippen LogP contribution in [-0.2, 0) is 0 Å². The molecule has 2 aromatic rings. The van der Waals surface area contributed by atoms with Crippen LogP contribution in [0.15, 0.2) is 24.7 Å². The van der Waals surface area contributed by atoms with E-state index in [9.17, 15) is 8.78 Å². The Hall–Kier alpha value is -2.21. The first-order valence-corrected chi connectivity index (χ1v) is 11.5. The average Bonchev–Trinajstić information content (AvgIpc) is 3.14. The zero-order chi connectivity index (χ0) is 20.3. The van der Waals surface area contributed by atoms with E-state index in [1.54, 1.807) is 12.5 Å². The highest BCUT2D eigenvalue weighted by Gasteiger charge is 2.27. The normalized spacial score (nSPS) is 20.5. The number of hydrogen-bond donors (Lipinski definition) is 2. The van der Waals surface area contributed by atoms with Gasteiger partial charge in [-0.3, -0.25) is 5.41 Å². The summed E-state index contributed by atoms with van der Waals surface area (Å²) < 4.78 is 24.8. The third-order valence-corrected chi connectivity index (χ3v) is 6.71. The molecular formula is C19H25F2N6P. The molecule has 150 valence electrons. The first-order chi connectivity index (χ1) is 13.3. The van der Waals surface area contributed by atoms with E-state index in [0.29, 0.717) is 28.8 Å². The van der Waals surface area contributed by atoms with Crippen LogP contribution in [0.4, 0.5) is 14.6 Å². The van der Waals surface area contributed by atoms with Crippen LogP contribution in [0.5, 0.6) is 0 Å². The standard InChI is InChI=1S/C19H25F2N6P/c1-12-6-13(28(2)3)10-27(9-12)18-7-15(24-11-25-18)16-8-23-17(26-16)5-4-14(22)19(20)21/h4-5,7-8,11-13,19,22H,6,9-10H2,1-3H3,(H,23,26)/b5-4-,22-14?. The zero-order valence-electron chi connectivity index (χ0n) is 16.2. The van der Waals surface area contributed by atoms with Crippen molar-refractivity contribution in [2.24, 2.45) is 5.92 Å². The smallest absolute Gasteiger partial charge is 0.279 e. The molecule has 6 nitrogen and oxygen atoms in total. The Bertz CT molecular complexity index is 850. The number of hydrogen-bond acceptors (Lipinski definition) is 5. The number of H-pyrrole nitrogens is 1. The number of nitrogens with zero attached hydrogens (tertiary/aromatic N) is 4. The van der Waals surface area contributed by atoms with E-state index in [-0.39, 0.29) is 7.92 Å². The Labute approximate surface area is 164 Å². The summed E-state index contributed by atoms with van der Waals surface area (Å²) in [4.78, 5) is 18.3. The van der Waals surface area contributed by atoms with Gasteiger partial charge in [-0.2, -0.15) is 0 Å². The molecule has 2 atom stereocenters. The van der Waals surface area contributed by atoms with Gasteiger partial charge in [0, 0.05) is 19.2 Å². The molecule has 0 saturated carbocycles. The number of halogens is 2. The molecule has 0 spiro atoms. The third-order valence-electron chi connectivity index (χ3n) is 4.87. The number of allylic oxidation sites excluding steroid dienone is 1. The molecule has 2 aromatic heterocycles. The molecule has 1 aliphatic rings. The highest BCUT2D eigenvalue weighted by atomic mass is 31.1. The van der Waals surface area contributed by atoms with Crippen LogP contribution >= 0.6 is 7.92 Å². The molecule has 1 saturated heterocycles. The molecule has 28 heavy (non-hydrogen) atoms. The molecule has 0 bridgehead atoms. The molecule has 2 unspecified atom stereocenters. The molecule has 9 heteroatoms. The molecular weight excluding hydrogens is 381 g/mol. The number of imidazole rings is 1. The Kier molecular flexibility index (Phi) is 6.50. The number of anilines is 1. The number of aromatic amines is 1. The first kappa shape index (κ1) is 20.5. The molecule has 0 aliphatic carbocycles. The van der Waals surface area contributed by atoms with E-state index in [2.05, 4.69) is 45.1 Å². The van der Waals surface area contributed by atoms with Crippen molar-refractivity contribution >= 4 is 25.5 Å². The second-order valence-electron chi connectivity index (χ2n) is 7.40. The zero-order valence-corrected chi connectivity index (χ0v) is 17.1. The van der Waals surface area contributed by atoms with E-state index in [4.69, 9.17) is 5.41 Å². The maximum Gasteiger partial charge on any atom is 0.279 e. The number of aromatic nitrogens is 4. The first-order valence-electron chi connectivity index (χ1n) is 9.17. The summed E-state index contributed by atoms with van der Waals surface area (Å²) >= 11 is 0. The topological polar surface area (TPSA) is 81.5 Å². The summed E-state index contributed by atoms with van der Waals surface area (Å²) in [5.74, 6) is 1.91. The van der Waals surface area contributed by atoms with Gasteiger partial charge in [0.2, 0.25) is 0 Å². The molecule has 1 aliphatic heterocycles. The minimum Gasteiger partial charge on any atom is -0.356 e. The summed E-state index contributed by atoms with van der Waals surface area (Å²) in [6.45, 7) is 8.92. The van der Waals surface area contributed by atoms with Crippen LogP contribution < -0.4 is 4.90 Å². The van der Waals surface area contributed by atoms with Crippen LogP contribution in [0, 0.1) is 11.3 Å². The Balaban J connectivity index is 1.77. The largest absolute Gasteiger partial charge is 0.356 e. The molecule has 3 heterocycles. The fourth-order valence-electron chi connectivity index (χ4n) is 3.34. The van der Waals surface area contributed by atoms with Crippen LogP contribution in [0.2, 0.25) is 0 Å². The second kappa shape index (κ2) is 8.86. The monoisotopic (exact) mass is 406 g/mol. The van der Waals surface area contributed by atoms with Crippen LogP contribution in [0.3, 0.4) is 0 Å². The predicted octanol–water partition coefficient (Wildman–Crippen LogP) is 4.12. The third kappa shape index (κ3) is 4.98.